The van der Waals surface area contributed by atoms with E-state index in [1.54, 1.807) is 0 Å². The maximum Gasteiger partial charge on any atom is 0.317 e. The molecule has 0 spiro atoms. The molecule has 0 aromatic carbocycles. The van der Waals surface area contributed by atoms with Gasteiger partial charge in [0.05, 0.1) is 0 Å². The van der Waals surface area contributed by atoms with Gasteiger partial charge in [-0.15, -0.1) is 0 Å². The summed E-state index contributed by atoms with van der Waals surface area (Å²) in [6.45, 7) is 10.4. The van der Waals surface area contributed by atoms with Crippen LogP contribution < -0.4 is 5.32 Å². The zero-order valence-corrected chi connectivity index (χ0v) is 11.2. The fourth-order valence-corrected chi connectivity index (χ4v) is 2.14. The van der Waals surface area contributed by atoms with Crippen molar-refractivity contribution in [2.45, 2.75) is 58.9 Å². The molecule has 1 rings (SSSR count). The predicted molar refractivity (Wildman–Crippen MR) is 67.5 cm³/mol. The molecule has 1 aliphatic rings. The molecule has 3 nitrogen and oxygen atoms in total. The maximum absolute atomic E-state index is 12.1. The Kier molecular flexibility index (Phi) is 4.63. The van der Waals surface area contributed by atoms with Crippen LogP contribution in [0.25, 0.3) is 0 Å². The Morgan fingerprint density at radius 3 is 2.56 bits per heavy atom. The lowest BCUT2D eigenvalue weighted by molar-refractivity contribution is 0.157. The minimum Gasteiger partial charge on any atom is -0.333 e. The second kappa shape index (κ2) is 5.55. The Morgan fingerprint density at radius 1 is 1.44 bits per heavy atom. The molecule has 1 unspecified atom stereocenters. The van der Waals surface area contributed by atoms with Crippen LogP contribution >= 0.6 is 0 Å². The second-order valence-electron chi connectivity index (χ2n) is 5.39. The van der Waals surface area contributed by atoms with Crippen molar-refractivity contribution in [3.05, 3.63) is 0 Å². The van der Waals surface area contributed by atoms with Gasteiger partial charge in [-0.05, 0) is 38.5 Å². The van der Waals surface area contributed by atoms with E-state index in [4.69, 9.17) is 0 Å². The van der Waals surface area contributed by atoms with E-state index in [0.717, 1.165) is 32.4 Å². The Balaban J connectivity index is 2.51. The van der Waals surface area contributed by atoms with E-state index in [-0.39, 0.29) is 11.6 Å². The Bertz CT molecular complexity index is 236. The van der Waals surface area contributed by atoms with Crippen LogP contribution in [-0.4, -0.2) is 29.6 Å². The summed E-state index contributed by atoms with van der Waals surface area (Å²) in [6.07, 6.45) is 4.36. The van der Waals surface area contributed by atoms with Crippen molar-refractivity contribution in [3.8, 4) is 0 Å². The summed E-state index contributed by atoms with van der Waals surface area (Å²) >= 11 is 0. The fraction of sp³-hybridized carbons (Fsp3) is 0.923. The average Bonchev–Trinajstić information content (AvgIpc) is 2.29. The monoisotopic (exact) mass is 226 g/mol. The molecule has 1 N–H and O–H groups in total. The normalized spacial score (nSPS) is 22.0. The number of urea groups is 1. The Labute approximate surface area is 99.6 Å². The maximum atomic E-state index is 12.1. The van der Waals surface area contributed by atoms with Crippen LogP contribution in [-0.2, 0) is 0 Å². The summed E-state index contributed by atoms with van der Waals surface area (Å²) in [5.74, 6) is 0.647. The first kappa shape index (κ1) is 13.3. The standard InChI is InChI=1S/C13H26N2O/c1-5-13(4,6-2)14-12(16)15-9-7-8-11(3)10-15/h11H,5-10H2,1-4H3,(H,14,16). The van der Waals surface area contributed by atoms with Gasteiger partial charge in [-0.3, -0.25) is 0 Å². The summed E-state index contributed by atoms with van der Waals surface area (Å²) in [4.78, 5) is 14.1. The van der Waals surface area contributed by atoms with Crippen molar-refractivity contribution in [1.29, 1.82) is 0 Å². The van der Waals surface area contributed by atoms with Crippen LogP contribution in [0.15, 0.2) is 0 Å². The van der Waals surface area contributed by atoms with Gasteiger partial charge in [0.25, 0.3) is 0 Å². The van der Waals surface area contributed by atoms with Crippen molar-refractivity contribution < 1.29 is 4.79 Å². The number of nitrogens with one attached hydrogen (secondary N) is 1. The molecule has 1 heterocycles. The third-order valence-electron chi connectivity index (χ3n) is 3.91. The molecule has 0 aromatic heterocycles. The van der Waals surface area contributed by atoms with E-state index in [9.17, 15) is 4.79 Å². The highest BCUT2D eigenvalue weighted by molar-refractivity contribution is 5.75. The quantitative estimate of drug-likeness (QED) is 0.788. The Hall–Kier alpha value is -0.730. The first-order chi connectivity index (χ1) is 7.50. The van der Waals surface area contributed by atoms with Gasteiger partial charge in [0.15, 0.2) is 0 Å². The molecular weight excluding hydrogens is 200 g/mol. The largest absolute Gasteiger partial charge is 0.333 e. The minimum atomic E-state index is -0.0439. The van der Waals surface area contributed by atoms with Gasteiger partial charge >= 0.3 is 6.03 Å². The van der Waals surface area contributed by atoms with Gasteiger partial charge in [0.2, 0.25) is 0 Å². The summed E-state index contributed by atoms with van der Waals surface area (Å²) < 4.78 is 0. The molecule has 3 heteroatoms. The number of carbonyl (C=O) groups is 1. The minimum absolute atomic E-state index is 0.0439. The van der Waals surface area contributed by atoms with Gasteiger partial charge < -0.3 is 10.2 Å². The van der Waals surface area contributed by atoms with Gasteiger partial charge in [0, 0.05) is 18.6 Å². The summed E-state index contributed by atoms with van der Waals surface area (Å²) in [5, 5.41) is 3.17. The van der Waals surface area contributed by atoms with Crippen molar-refractivity contribution in [3.63, 3.8) is 0 Å². The lowest BCUT2D eigenvalue weighted by Crippen LogP contribution is -2.53. The third kappa shape index (κ3) is 3.39. The Morgan fingerprint density at radius 2 is 2.06 bits per heavy atom. The lowest BCUT2D eigenvalue weighted by Gasteiger charge is -2.35. The van der Waals surface area contributed by atoms with Gasteiger partial charge in [-0.1, -0.05) is 20.8 Å². The number of hydrogen-bond acceptors (Lipinski definition) is 1. The molecule has 1 fully saturated rings. The molecule has 0 saturated carbocycles. The zero-order valence-electron chi connectivity index (χ0n) is 11.2. The van der Waals surface area contributed by atoms with E-state index < -0.39 is 0 Å². The number of rotatable bonds is 3. The van der Waals surface area contributed by atoms with Gasteiger partial charge in [-0.25, -0.2) is 4.79 Å². The lowest BCUT2D eigenvalue weighted by atomic mass is 9.95. The van der Waals surface area contributed by atoms with E-state index >= 15 is 0 Å². The molecule has 1 atom stereocenters. The molecule has 94 valence electrons. The number of carbonyl (C=O) groups excluding carboxylic acids is 1. The van der Waals surface area contributed by atoms with Gasteiger partial charge in [-0.2, -0.15) is 0 Å². The third-order valence-corrected chi connectivity index (χ3v) is 3.91. The van der Waals surface area contributed by atoms with Crippen LogP contribution in [0.4, 0.5) is 4.79 Å². The number of nitrogens with zero attached hydrogens (tertiary/aromatic N) is 1. The first-order valence-electron chi connectivity index (χ1n) is 6.58. The van der Waals surface area contributed by atoms with Gasteiger partial charge in [0.1, 0.15) is 0 Å². The van der Waals surface area contributed by atoms with Crippen LogP contribution in [0.1, 0.15) is 53.4 Å². The number of likely N-dealkylation sites (tertiary alicyclic amines) is 1. The molecule has 16 heavy (non-hydrogen) atoms. The average molecular weight is 226 g/mol. The van der Waals surface area contributed by atoms with Crippen molar-refractivity contribution >= 4 is 6.03 Å². The molecule has 0 aromatic rings. The molecule has 1 saturated heterocycles. The van der Waals surface area contributed by atoms with Crippen molar-refractivity contribution in [1.82, 2.24) is 10.2 Å². The molecular formula is C13H26N2O. The number of hydrogen-bond donors (Lipinski definition) is 1. The summed E-state index contributed by atoms with van der Waals surface area (Å²) in [7, 11) is 0. The zero-order chi connectivity index (χ0) is 12.2. The summed E-state index contributed by atoms with van der Waals surface area (Å²) in [6, 6.07) is 0.123. The van der Waals surface area contributed by atoms with E-state index in [2.05, 4.69) is 33.0 Å². The van der Waals surface area contributed by atoms with Crippen LogP contribution in [0.2, 0.25) is 0 Å². The highest BCUT2D eigenvalue weighted by Crippen LogP contribution is 2.18. The topological polar surface area (TPSA) is 32.3 Å². The van der Waals surface area contributed by atoms with Crippen molar-refractivity contribution in [2.24, 2.45) is 5.92 Å². The highest BCUT2D eigenvalue weighted by Gasteiger charge is 2.27. The fourth-order valence-electron chi connectivity index (χ4n) is 2.14. The SMILES string of the molecule is CCC(C)(CC)NC(=O)N1CCCC(C)C1. The van der Waals surface area contributed by atoms with E-state index in [0.29, 0.717) is 5.92 Å². The van der Waals surface area contributed by atoms with E-state index in [1.165, 1.54) is 6.42 Å². The second-order valence-corrected chi connectivity index (χ2v) is 5.39. The van der Waals surface area contributed by atoms with Crippen molar-refractivity contribution in [2.75, 3.05) is 13.1 Å². The number of piperidine rings is 1. The van der Waals surface area contributed by atoms with E-state index in [1.807, 2.05) is 4.90 Å². The van der Waals surface area contributed by atoms with Crippen LogP contribution in [0, 0.1) is 5.92 Å². The molecule has 0 radical (unpaired) electrons. The number of amides is 2. The predicted octanol–water partition coefficient (Wildman–Crippen LogP) is 3.01. The summed E-state index contributed by atoms with van der Waals surface area (Å²) in [5.41, 5.74) is -0.0439. The molecule has 0 aliphatic carbocycles. The first-order valence-corrected chi connectivity index (χ1v) is 6.58. The van der Waals surface area contributed by atoms with Crippen LogP contribution in [0.3, 0.4) is 0 Å². The molecule has 2 amide bonds. The highest BCUT2D eigenvalue weighted by atomic mass is 16.2. The van der Waals surface area contributed by atoms with Crippen LogP contribution in [0.5, 0.6) is 0 Å². The molecule has 0 bridgehead atoms. The molecule has 1 aliphatic heterocycles. The smallest absolute Gasteiger partial charge is 0.317 e.